The molecule has 0 saturated carbocycles. The molecule has 0 radical (unpaired) electrons. The lowest BCUT2D eigenvalue weighted by molar-refractivity contribution is -0.384. The van der Waals surface area contributed by atoms with Crippen LogP contribution in [-0.2, 0) is 0 Å². The number of hydrogen-bond acceptors (Lipinski definition) is 6. The zero-order chi connectivity index (χ0) is 14.8. The van der Waals surface area contributed by atoms with Gasteiger partial charge in [0.2, 0.25) is 0 Å². The highest BCUT2D eigenvalue weighted by atomic mass is 32.2. The Balaban J connectivity index is 1.99. The van der Waals surface area contributed by atoms with Crippen LogP contribution in [0.1, 0.15) is 0 Å². The van der Waals surface area contributed by atoms with Gasteiger partial charge in [0.05, 0.1) is 11.0 Å². The lowest BCUT2D eigenvalue weighted by atomic mass is 10.3. The maximum atomic E-state index is 11.9. The summed E-state index contributed by atoms with van der Waals surface area (Å²) >= 11 is -0.155. The topological polar surface area (TPSA) is 81.2 Å². The maximum absolute atomic E-state index is 11.9. The highest BCUT2D eigenvalue weighted by Gasteiger charge is 2.27. The minimum absolute atomic E-state index is 0.0130. The van der Waals surface area contributed by atoms with E-state index in [1.54, 1.807) is 0 Å². The van der Waals surface area contributed by atoms with Crippen LogP contribution in [0.25, 0.3) is 11.1 Å². The van der Waals surface area contributed by atoms with Crippen LogP contribution in [-0.4, -0.2) is 27.7 Å². The molecule has 10 heteroatoms. The van der Waals surface area contributed by atoms with E-state index in [2.05, 4.69) is 10.3 Å². The average Bonchev–Trinajstić information content (AvgIpc) is 2.75. The van der Waals surface area contributed by atoms with E-state index in [-0.39, 0.29) is 41.3 Å². The van der Waals surface area contributed by atoms with Crippen molar-refractivity contribution < 1.29 is 22.5 Å². The Morgan fingerprint density at radius 1 is 1.45 bits per heavy atom. The van der Waals surface area contributed by atoms with E-state index in [9.17, 15) is 23.3 Å². The second kappa shape index (κ2) is 5.57. The number of non-ortho nitro benzene ring substituents is 1. The minimum atomic E-state index is -4.27. The molecule has 1 heterocycles. The molecule has 0 amide bonds. The van der Waals surface area contributed by atoms with Gasteiger partial charge in [-0.2, -0.15) is 18.2 Å². The van der Waals surface area contributed by atoms with E-state index in [0.29, 0.717) is 5.52 Å². The number of nitrogens with one attached hydrogen (secondary N) is 1. The number of hydrogen-bond donors (Lipinski definition) is 1. The standard InChI is InChI=1S/C10H8F3N3O3S/c11-10(12,13)20-4-3-14-9-15-7-2-1-6(16(17)18)5-8(7)19-9/h1-2,5H,3-4H2,(H,14,15). The zero-order valence-electron chi connectivity index (χ0n) is 9.81. The summed E-state index contributed by atoms with van der Waals surface area (Å²) in [5.74, 6) is -0.192. The van der Waals surface area contributed by atoms with Crippen molar-refractivity contribution in [1.82, 2.24) is 4.98 Å². The molecule has 0 atom stereocenters. The summed E-state index contributed by atoms with van der Waals surface area (Å²) in [6.07, 6.45) is 0. The number of rotatable bonds is 5. The van der Waals surface area contributed by atoms with Gasteiger partial charge in [-0.15, -0.1) is 0 Å². The number of benzene rings is 1. The number of thioether (sulfide) groups is 1. The number of oxazole rings is 1. The molecule has 0 unspecified atom stereocenters. The van der Waals surface area contributed by atoms with Crippen molar-refractivity contribution in [3.63, 3.8) is 0 Å². The predicted molar refractivity (Wildman–Crippen MR) is 67.7 cm³/mol. The summed E-state index contributed by atoms with van der Waals surface area (Å²) in [5.41, 5.74) is -3.83. The Hall–Kier alpha value is -1.97. The van der Waals surface area contributed by atoms with Crippen LogP contribution < -0.4 is 5.32 Å². The Morgan fingerprint density at radius 2 is 2.20 bits per heavy atom. The molecule has 0 spiro atoms. The molecule has 0 aliphatic carbocycles. The number of anilines is 1. The van der Waals surface area contributed by atoms with Gasteiger partial charge in [-0.05, 0) is 17.8 Å². The predicted octanol–water partition coefficient (Wildman–Crippen LogP) is 3.40. The first-order valence-electron chi connectivity index (χ1n) is 5.35. The monoisotopic (exact) mass is 307 g/mol. The average molecular weight is 307 g/mol. The third-order valence-electron chi connectivity index (χ3n) is 2.23. The Kier molecular flexibility index (Phi) is 4.02. The van der Waals surface area contributed by atoms with E-state index < -0.39 is 10.4 Å². The molecule has 0 aliphatic heterocycles. The number of alkyl halides is 3. The SMILES string of the molecule is O=[N+]([O-])c1ccc2nc(NCCSC(F)(F)F)oc2c1. The highest BCUT2D eigenvalue weighted by molar-refractivity contribution is 8.00. The largest absolute Gasteiger partial charge is 0.441 e. The summed E-state index contributed by atoms with van der Waals surface area (Å²) in [5, 5.41) is 13.2. The number of aromatic nitrogens is 1. The van der Waals surface area contributed by atoms with E-state index in [1.807, 2.05) is 0 Å². The lowest BCUT2D eigenvalue weighted by Gasteiger charge is -2.04. The molecule has 6 nitrogen and oxygen atoms in total. The fourth-order valence-corrected chi connectivity index (χ4v) is 1.86. The normalized spacial score (nSPS) is 11.8. The van der Waals surface area contributed by atoms with Gasteiger partial charge in [0.25, 0.3) is 11.7 Å². The minimum Gasteiger partial charge on any atom is -0.423 e. The number of nitrogens with zero attached hydrogens (tertiary/aromatic N) is 2. The van der Waals surface area contributed by atoms with Crippen LogP contribution in [0.3, 0.4) is 0 Å². The number of nitro groups is 1. The van der Waals surface area contributed by atoms with Crippen molar-refractivity contribution in [2.75, 3.05) is 17.6 Å². The van der Waals surface area contributed by atoms with Crippen molar-refractivity contribution in [2.45, 2.75) is 5.51 Å². The third kappa shape index (κ3) is 3.76. The van der Waals surface area contributed by atoms with Crippen molar-refractivity contribution >= 4 is 34.6 Å². The van der Waals surface area contributed by atoms with Crippen LogP contribution in [0, 0.1) is 10.1 Å². The van der Waals surface area contributed by atoms with Gasteiger partial charge in [0.15, 0.2) is 5.58 Å². The molecule has 1 N–H and O–H groups in total. The smallest absolute Gasteiger partial charge is 0.423 e. The molecule has 1 aromatic carbocycles. The first kappa shape index (κ1) is 14.4. The fourth-order valence-electron chi connectivity index (χ4n) is 1.43. The molecule has 0 saturated heterocycles. The molecular formula is C10H8F3N3O3S. The number of fused-ring (bicyclic) bond motifs is 1. The van der Waals surface area contributed by atoms with Crippen LogP contribution in [0.15, 0.2) is 22.6 Å². The van der Waals surface area contributed by atoms with Gasteiger partial charge in [-0.3, -0.25) is 10.1 Å². The summed E-state index contributed by atoms with van der Waals surface area (Å²) < 4.78 is 40.9. The molecule has 108 valence electrons. The first-order chi connectivity index (χ1) is 9.35. The van der Waals surface area contributed by atoms with Crippen LogP contribution >= 0.6 is 11.8 Å². The van der Waals surface area contributed by atoms with Crippen LogP contribution in [0.5, 0.6) is 0 Å². The van der Waals surface area contributed by atoms with Gasteiger partial charge in [0.1, 0.15) is 5.52 Å². The summed E-state index contributed by atoms with van der Waals surface area (Å²) in [6.45, 7) is 0.0130. The summed E-state index contributed by atoms with van der Waals surface area (Å²) in [7, 11) is 0. The summed E-state index contributed by atoms with van der Waals surface area (Å²) in [4.78, 5) is 14.0. The molecule has 2 rings (SSSR count). The zero-order valence-corrected chi connectivity index (χ0v) is 10.6. The highest BCUT2D eigenvalue weighted by Crippen LogP contribution is 2.30. The molecule has 0 bridgehead atoms. The van der Waals surface area contributed by atoms with Crippen molar-refractivity contribution in [3.05, 3.63) is 28.3 Å². The molecule has 20 heavy (non-hydrogen) atoms. The van der Waals surface area contributed by atoms with E-state index >= 15 is 0 Å². The van der Waals surface area contributed by atoms with Crippen molar-refractivity contribution in [1.29, 1.82) is 0 Å². The summed E-state index contributed by atoms with van der Waals surface area (Å²) in [6, 6.07) is 3.92. The van der Waals surface area contributed by atoms with Gasteiger partial charge >= 0.3 is 5.51 Å². The molecule has 1 aromatic heterocycles. The Morgan fingerprint density at radius 3 is 2.85 bits per heavy atom. The van der Waals surface area contributed by atoms with Crippen LogP contribution in [0.4, 0.5) is 24.9 Å². The second-order valence-corrected chi connectivity index (χ2v) is 4.81. The number of halogens is 3. The second-order valence-electron chi connectivity index (χ2n) is 3.65. The molecule has 0 aliphatic rings. The van der Waals surface area contributed by atoms with E-state index in [0.717, 1.165) is 0 Å². The molecule has 2 aromatic rings. The fraction of sp³-hybridized carbons (Fsp3) is 0.300. The Labute approximate surface area is 114 Å². The maximum Gasteiger partial charge on any atom is 0.441 e. The first-order valence-corrected chi connectivity index (χ1v) is 6.33. The van der Waals surface area contributed by atoms with Gasteiger partial charge < -0.3 is 9.73 Å². The number of nitro benzene ring substituents is 1. The van der Waals surface area contributed by atoms with Gasteiger partial charge in [-0.1, -0.05) is 0 Å². The Bertz CT molecular complexity index is 629. The quantitative estimate of drug-likeness (QED) is 0.518. The van der Waals surface area contributed by atoms with Crippen LogP contribution in [0.2, 0.25) is 0 Å². The van der Waals surface area contributed by atoms with E-state index in [4.69, 9.17) is 4.42 Å². The van der Waals surface area contributed by atoms with Crippen molar-refractivity contribution in [3.8, 4) is 0 Å². The molecule has 0 fully saturated rings. The van der Waals surface area contributed by atoms with Crippen molar-refractivity contribution in [2.24, 2.45) is 0 Å². The third-order valence-corrected chi connectivity index (χ3v) is 2.96. The lowest BCUT2D eigenvalue weighted by Crippen LogP contribution is -2.09. The molecular weight excluding hydrogens is 299 g/mol. The van der Waals surface area contributed by atoms with Gasteiger partial charge in [0, 0.05) is 18.4 Å². The van der Waals surface area contributed by atoms with Gasteiger partial charge in [-0.25, -0.2) is 0 Å². The van der Waals surface area contributed by atoms with E-state index in [1.165, 1.54) is 18.2 Å².